The number of nitrogens with one attached hydrogen (secondary N) is 1. The van der Waals surface area contributed by atoms with Crippen molar-refractivity contribution in [1.82, 2.24) is 5.32 Å². The third-order valence-corrected chi connectivity index (χ3v) is 3.90. The summed E-state index contributed by atoms with van der Waals surface area (Å²) >= 11 is 0. The van der Waals surface area contributed by atoms with Crippen molar-refractivity contribution in [3.63, 3.8) is 0 Å². The zero-order valence-electron chi connectivity index (χ0n) is 12.1. The minimum absolute atomic E-state index is 0.163. The fourth-order valence-electron chi connectivity index (χ4n) is 2.45. The van der Waals surface area contributed by atoms with E-state index >= 15 is 0 Å². The SMILES string of the molecule is CC1OCCC1CNC(=O)[C@@H](N)Cc1ccc(O)c(O)c1. The first-order chi connectivity index (χ1) is 9.97. The van der Waals surface area contributed by atoms with Crippen LogP contribution in [0.25, 0.3) is 0 Å². The fraction of sp³-hybridized carbons (Fsp3) is 0.533. The van der Waals surface area contributed by atoms with Crippen LogP contribution in [0.15, 0.2) is 18.2 Å². The van der Waals surface area contributed by atoms with Gasteiger partial charge in [0.1, 0.15) is 0 Å². The maximum absolute atomic E-state index is 12.0. The Balaban J connectivity index is 1.83. The van der Waals surface area contributed by atoms with Gasteiger partial charge in [-0.05, 0) is 37.5 Å². The van der Waals surface area contributed by atoms with Crippen LogP contribution >= 0.6 is 0 Å². The Morgan fingerprint density at radius 1 is 1.48 bits per heavy atom. The molecule has 1 aromatic rings. The lowest BCUT2D eigenvalue weighted by atomic mass is 10.0. The summed E-state index contributed by atoms with van der Waals surface area (Å²) in [6.07, 6.45) is 1.41. The van der Waals surface area contributed by atoms with E-state index in [1.165, 1.54) is 12.1 Å². The number of ether oxygens (including phenoxy) is 1. The van der Waals surface area contributed by atoms with E-state index in [2.05, 4.69) is 5.32 Å². The van der Waals surface area contributed by atoms with Crippen molar-refractivity contribution < 1.29 is 19.7 Å². The average molecular weight is 294 g/mol. The Labute approximate surface area is 123 Å². The van der Waals surface area contributed by atoms with Crippen LogP contribution in [0.2, 0.25) is 0 Å². The average Bonchev–Trinajstić information content (AvgIpc) is 2.85. The van der Waals surface area contributed by atoms with E-state index in [9.17, 15) is 15.0 Å². The molecule has 3 atom stereocenters. The third kappa shape index (κ3) is 4.09. The van der Waals surface area contributed by atoms with Gasteiger partial charge in [0.2, 0.25) is 5.91 Å². The quantitative estimate of drug-likeness (QED) is 0.592. The lowest BCUT2D eigenvalue weighted by molar-refractivity contribution is -0.122. The Morgan fingerprint density at radius 3 is 2.86 bits per heavy atom. The molecule has 116 valence electrons. The van der Waals surface area contributed by atoms with E-state index < -0.39 is 6.04 Å². The van der Waals surface area contributed by atoms with Crippen molar-refractivity contribution in [2.24, 2.45) is 11.7 Å². The number of aromatic hydroxyl groups is 2. The maximum atomic E-state index is 12.0. The molecule has 0 bridgehead atoms. The summed E-state index contributed by atoms with van der Waals surface area (Å²) in [6, 6.07) is 3.74. The van der Waals surface area contributed by atoms with Crippen molar-refractivity contribution in [2.75, 3.05) is 13.2 Å². The summed E-state index contributed by atoms with van der Waals surface area (Å²) in [7, 11) is 0. The molecule has 1 amide bonds. The predicted octanol–water partition coefficient (Wildman–Crippen LogP) is 0.509. The van der Waals surface area contributed by atoms with Gasteiger partial charge in [-0.2, -0.15) is 0 Å². The van der Waals surface area contributed by atoms with Gasteiger partial charge in [-0.25, -0.2) is 0 Å². The molecule has 0 aromatic heterocycles. The summed E-state index contributed by atoms with van der Waals surface area (Å²) < 4.78 is 5.44. The molecule has 0 radical (unpaired) electrons. The number of benzene rings is 1. The van der Waals surface area contributed by atoms with Crippen LogP contribution in [0.4, 0.5) is 0 Å². The van der Waals surface area contributed by atoms with E-state index in [1.807, 2.05) is 6.92 Å². The van der Waals surface area contributed by atoms with Crippen LogP contribution in [0.1, 0.15) is 18.9 Å². The number of rotatable bonds is 5. The zero-order chi connectivity index (χ0) is 15.4. The van der Waals surface area contributed by atoms with E-state index in [1.54, 1.807) is 6.07 Å². The van der Waals surface area contributed by atoms with E-state index in [-0.39, 0.29) is 23.5 Å². The van der Waals surface area contributed by atoms with Gasteiger partial charge < -0.3 is 26.0 Å². The van der Waals surface area contributed by atoms with Crippen LogP contribution in [0.5, 0.6) is 11.5 Å². The Morgan fingerprint density at radius 2 is 2.24 bits per heavy atom. The van der Waals surface area contributed by atoms with Crippen LogP contribution in [0.3, 0.4) is 0 Å². The van der Waals surface area contributed by atoms with Gasteiger partial charge in [-0.3, -0.25) is 4.79 Å². The van der Waals surface area contributed by atoms with Gasteiger partial charge in [0.15, 0.2) is 11.5 Å². The molecule has 0 spiro atoms. The highest BCUT2D eigenvalue weighted by Crippen LogP contribution is 2.25. The summed E-state index contributed by atoms with van der Waals surface area (Å²) in [5.41, 5.74) is 6.57. The van der Waals surface area contributed by atoms with Gasteiger partial charge in [-0.15, -0.1) is 0 Å². The highest BCUT2D eigenvalue weighted by molar-refractivity contribution is 5.81. The molecular weight excluding hydrogens is 272 g/mol. The molecule has 0 aliphatic carbocycles. The molecule has 1 aliphatic heterocycles. The number of phenols is 2. The second-order valence-corrected chi connectivity index (χ2v) is 5.50. The lowest BCUT2D eigenvalue weighted by Gasteiger charge is -2.17. The maximum Gasteiger partial charge on any atom is 0.237 e. The summed E-state index contributed by atoms with van der Waals surface area (Å²) in [6.45, 7) is 3.30. The standard InChI is InChI=1S/C15H22N2O4/c1-9-11(4-5-21-9)8-17-15(20)12(16)6-10-2-3-13(18)14(19)7-10/h2-3,7,9,11-12,18-19H,4-6,8,16H2,1H3,(H,17,20)/t9?,11?,12-/m0/s1. The first-order valence-electron chi connectivity index (χ1n) is 7.13. The minimum Gasteiger partial charge on any atom is -0.504 e. The van der Waals surface area contributed by atoms with Crippen LogP contribution in [-0.2, 0) is 16.0 Å². The van der Waals surface area contributed by atoms with Crippen LogP contribution in [0, 0.1) is 5.92 Å². The second kappa shape index (κ2) is 6.78. The van der Waals surface area contributed by atoms with Crippen molar-refractivity contribution in [1.29, 1.82) is 0 Å². The molecule has 1 heterocycles. The zero-order valence-corrected chi connectivity index (χ0v) is 12.1. The second-order valence-electron chi connectivity index (χ2n) is 5.50. The number of hydrogen-bond donors (Lipinski definition) is 4. The number of nitrogens with two attached hydrogens (primary N) is 1. The number of phenolic OH excluding ortho intramolecular Hbond substituents is 2. The molecule has 5 N–H and O–H groups in total. The molecule has 2 unspecified atom stereocenters. The van der Waals surface area contributed by atoms with Gasteiger partial charge in [0, 0.05) is 19.1 Å². The number of amides is 1. The van der Waals surface area contributed by atoms with E-state index in [0.29, 0.717) is 24.4 Å². The predicted molar refractivity (Wildman–Crippen MR) is 78.0 cm³/mol. The molecule has 21 heavy (non-hydrogen) atoms. The Bertz CT molecular complexity index is 506. The number of carbonyl (C=O) groups excluding carboxylic acids is 1. The molecule has 2 rings (SSSR count). The van der Waals surface area contributed by atoms with Crippen LogP contribution < -0.4 is 11.1 Å². The monoisotopic (exact) mass is 294 g/mol. The number of hydrogen-bond acceptors (Lipinski definition) is 5. The number of carbonyl (C=O) groups is 1. The Kier molecular flexibility index (Phi) is 5.03. The van der Waals surface area contributed by atoms with Crippen molar-refractivity contribution in [3.8, 4) is 11.5 Å². The van der Waals surface area contributed by atoms with Crippen molar-refractivity contribution >= 4 is 5.91 Å². The molecule has 1 aliphatic rings. The van der Waals surface area contributed by atoms with E-state index in [4.69, 9.17) is 10.5 Å². The van der Waals surface area contributed by atoms with Gasteiger partial charge >= 0.3 is 0 Å². The fourth-order valence-corrected chi connectivity index (χ4v) is 2.45. The third-order valence-electron chi connectivity index (χ3n) is 3.90. The van der Waals surface area contributed by atoms with Gasteiger partial charge in [-0.1, -0.05) is 6.07 Å². The van der Waals surface area contributed by atoms with Gasteiger partial charge in [0.25, 0.3) is 0 Å². The topological polar surface area (TPSA) is 105 Å². The summed E-state index contributed by atoms with van der Waals surface area (Å²) in [5.74, 6) is -0.287. The molecular formula is C15H22N2O4. The van der Waals surface area contributed by atoms with E-state index in [0.717, 1.165) is 13.0 Å². The molecule has 1 fully saturated rings. The molecule has 1 saturated heterocycles. The van der Waals surface area contributed by atoms with Crippen LogP contribution in [-0.4, -0.2) is 41.4 Å². The molecule has 0 saturated carbocycles. The highest BCUT2D eigenvalue weighted by Gasteiger charge is 2.25. The largest absolute Gasteiger partial charge is 0.504 e. The normalized spacial score (nSPS) is 23.0. The molecule has 6 nitrogen and oxygen atoms in total. The lowest BCUT2D eigenvalue weighted by Crippen LogP contribution is -2.44. The van der Waals surface area contributed by atoms with Gasteiger partial charge in [0.05, 0.1) is 12.1 Å². The first kappa shape index (κ1) is 15.6. The highest BCUT2D eigenvalue weighted by atomic mass is 16.5. The van der Waals surface area contributed by atoms with Crippen molar-refractivity contribution in [3.05, 3.63) is 23.8 Å². The summed E-state index contributed by atoms with van der Waals surface area (Å²) in [5, 5.41) is 21.5. The Hall–Kier alpha value is -1.79. The smallest absolute Gasteiger partial charge is 0.237 e. The summed E-state index contributed by atoms with van der Waals surface area (Å²) in [4.78, 5) is 12.0. The van der Waals surface area contributed by atoms with Crippen molar-refractivity contribution in [2.45, 2.75) is 31.9 Å². The molecule has 1 aromatic carbocycles. The molecule has 6 heteroatoms. The first-order valence-corrected chi connectivity index (χ1v) is 7.13. The minimum atomic E-state index is -0.688.